The topological polar surface area (TPSA) is 80.3 Å². The molecule has 8 nitrogen and oxygen atoms in total. The largest absolute Gasteiger partial charge is 0.339 e. The van der Waals surface area contributed by atoms with Crippen LogP contribution in [0.3, 0.4) is 0 Å². The van der Waals surface area contributed by atoms with Gasteiger partial charge in [0.25, 0.3) is 0 Å². The van der Waals surface area contributed by atoms with Gasteiger partial charge < -0.3 is 14.0 Å². The maximum Gasteiger partial charge on any atom is 0.246 e. The van der Waals surface area contributed by atoms with E-state index in [0.717, 1.165) is 12.1 Å². The maximum atomic E-state index is 13.8. The summed E-state index contributed by atoms with van der Waals surface area (Å²) in [6, 6.07) is 1.61. The van der Waals surface area contributed by atoms with Crippen molar-refractivity contribution in [3.63, 3.8) is 0 Å². The summed E-state index contributed by atoms with van der Waals surface area (Å²) in [5.74, 6) is -0.739. The first-order valence-corrected chi connectivity index (χ1v) is 10.5. The Morgan fingerprint density at radius 2 is 1.87 bits per heavy atom. The van der Waals surface area contributed by atoms with Gasteiger partial charge in [-0.25, -0.2) is 13.8 Å². The molecule has 31 heavy (non-hydrogen) atoms. The molecule has 0 radical (unpaired) electrons. The lowest BCUT2D eigenvalue weighted by Gasteiger charge is -2.37. The summed E-state index contributed by atoms with van der Waals surface area (Å²) in [5.41, 5.74) is 0.738. The predicted octanol–water partition coefficient (Wildman–Crippen LogP) is 2.80. The molecule has 0 spiro atoms. The first-order chi connectivity index (χ1) is 14.9. The van der Waals surface area contributed by atoms with Crippen LogP contribution in [0.2, 0.25) is 0 Å². The standard InChI is InChI=1S/C21H26F2N6O2/c1-4-19-25-18(26-31-19)11-27-5-7-28(8-6-27)21(30)20(13(2)3)29-12-24-16-9-14(22)15(23)10-17(16)29/h9-10,12-13,20H,4-8,11H2,1-3H3. The zero-order valence-corrected chi connectivity index (χ0v) is 17.9. The molecule has 1 atom stereocenters. The normalized spacial score (nSPS) is 16.4. The van der Waals surface area contributed by atoms with E-state index in [-0.39, 0.29) is 11.8 Å². The van der Waals surface area contributed by atoms with Gasteiger partial charge in [-0.05, 0) is 5.92 Å². The molecule has 1 amide bonds. The molecule has 1 saturated heterocycles. The Morgan fingerprint density at radius 3 is 2.52 bits per heavy atom. The van der Waals surface area contributed by atoms with Crippen molar-refractivity contribution < 1.29 is 18.1 Å². The minimum absolute atomic E-state index is 0.0495. The third-order valence-electron chi connectivity index (χ3n) is 5.66. The van der Waals surface area contributed by atoms with Crippen LogP contribution in [0.25, 0.3) is 11.0 Å². The molecule has 1 aromatic carbocycles. The van der Waals surface area contributed by atoms with Gasteiger partial charge in [-0.1, -0.05) is 25.9 Å². The number of hydrogen-bond acceptors (Lipinski definition) is 6. The van der Waals surface area contributed by atoms with E-state index in [1.165, 1.54) is 6.33 Å². The number of carbonyl (C=O) groups is 1. The van der Waals surface area contributed by atoms with Gasteiger partial charge in [0, 0.05) is 44.7 Å². The lowest BCUT2D eigenvalue weighted by atomic mass is 10.0. The quantitative estimate of drug-likeness (QED) is 0.596. The molecule has 1 aliphatic heterocycles. The van der Waals surface area contributed by atoms with Crippen molar-refractivity contribution in [2.75, 3.05) is 26.2 Å². The summed E-state index contributed by atoms with van der Waals surface area (Å²) in [6.45, 7) is 8.93. The first-order valence-electron chi connectivity index (χ1n) is 10.5. The Labute approximate surface area is 178 Å². The van der Waals surface area contributed by atoms with Crippen LogP contribution < -0.4 is 0 Å². The fraction of sp³-hybridized carbons (Fsp3) is 0.524. The molecule has 0 N–H and O–H groups in total. The van der Waals surface area contributed by atoms with Crippen LogP contribution in [0, 0.1) is 17.6 Å². The molecule has 1 aliphatic rings. The number of benzene rings is 1. The number of aryl methyl sites for hydroxylation is 1. The van der Waals surface area contributed by atoms with E-state index >= 15 is 0 Å². The second-order valence-corrected chi connectivity index (χ2v) is 8.16. The van der Waals surface area contributed by atoms with Crippen molar-refractivity contribution in [2.24, 2.45) is 5.92 Å². The van der Waals surface area contributed by atoms with E-state index < -0.39 is 17.7 Å². The fourth-order valence-electron chi connectivity index (χ4n) is 3.98. The van der Waals surface area contributed by atoms with Crippen molar-refractivity contribution in [3.8, 4) is 0 Å². The average molecular weight is 432 g/mol. The van der Waals surface area contributed by atoms with Crippen molar-refractivity contribution in [3.05, 3.63) is 41.8 Å². The van der Waals surface area contributed by atoms with E-state index in [1.54, 1.807) is 4.57 Å². The fourth-order valence-corrected chi connectivity index (χ4v) is 3.98. The zero-order valence-electron chi connectivity index (χ0n) is 17.9. The maximum absolute atomic E-state index is 13.8. The molecule has 0 bridgehead atoms. The summed E-state index contributed by atoms with van der Waals surface area (Å²) in [7, 11) is 0. The predicted molar refractivity (Wildman–Crippen MR) is 109 cm³/mol. The van der Waals surface area contributed by atoms with Gasteiger partial charge in [0.15, 0.2) is 17.5 Å². The van der Waals surface area contributed by atoms with Gasteiger partial charge >= 0.3 is 0 Å². The minimum atomic E-state index is -0.953. The number of hydrogen-bond donors (Lipinski definition) is 0. The van der Waals surface area contributed by atoms with Crippen molar-refractivity contribution in [2.45, 2.75) is 39.8 Å². The second kappa shape index (κ2) is 8.70. The van der Waals surface area contributed by atoms with Gasteiger partial charge in [0.1, 0.15) is 6.04 Å². The summed E-state index contributed by atoms with van der Waals surface area (Å²) in [5, 5.41) is 3.99. The van der Waals surface area contributed by atoms with Crippen molar-refractivity contribution >= 4 is 16.9 Å². The number of carbonyl (C=O) groups excluding carboxylic acids is 1. The minimum Gasteiger partial charge on any atom is -0.339 e. The monoisotopic (exact) mass is 432 g/mol. The summed E-state index contributed by atoms with van der Waals surface area (Å²) < 4.78 is 34.2. The van der Waals surface area contributed by atoms with Crippen LogP contribution in [0.5, 0.6) is 0 Å². The Bertz CT molecular complexity index is 1070. The van der Waals surface area contributed by atoms with E-state index in [9.17, 15) is 13.6 Å². The number of rotatable bonds is 6. The number of imidazole rings is 1. The Kier molecular flexibility index (Phi) is 5.99. The number of amides is 1. The van der Waals surface area contributed by atoms with E-state index in [0.29, 0.717) is 61.9 Å². The van der Waals surface area contributed by atoms with Crippen LogP contribution in [0.4, 0.5) is 8.78 Å². The summed E-state index contributed by atoms with van der Waals surface area (Å²) in [4.78, 5) is 25.9. The van der Waals surface area contributed by atoms with Crippen molar-refractivity contribution in [1.29, 1.82) is 0 Å². The van der Waals surface area contributed by atoms with Crippen LogP contribution in [0.15, 0.2) is 23.0 Å². The molecule has 0 aliphatic carbocycles. The molecular formula is C21H26F2N6O2. The number of nitrogens with zero attached hydrogens (tertiary/aromatic N) is 6. The SMILES string of the molecule is CCc1nc(CN2CCN(C(=O)C(C(C)C)n3cnc4cc(F)c(F)cc43)CC2)no1. The summed E-state index contributed by atoms with van der Waals surface area (Å²) in [6.07, 6.45) is 2.19. The molecule has 1 fully saturated rings. The van der Waals surface area contributed by atoms with Crippen molar-refractivity contribution in [1.82, 2.24) is 29.5 Å². The molecule has 3 heterocycles. The number of halogens is 2. The highest BCUT2D eigenvalue weighted by Crippen LogP contribution is 2.27. The Balaban J connectivity index is 1.47. The van der Waals surface area contributed by atoms with Crippen LogP contribution in [-0.4, -0.2) is 61.6 Å². The van der Waals surface area contributed by atoms with E-state index in [2.05, 4.69) is 20.0 Å². The van der Waals surface area contributed by atoms with Crippen LogP contribution in [-0.2, 0) is 17.8 Å². The highest BCUT2D eigenvalue weighted by Gasteiger charge is 2.32. The molecule has 4 rings (SSSR count). The first kappa shape index (κ1) is 21.4. The van der Waals surface area contributed by atoms with Crippen LogP contribution in [0.1, 0.15) is 38.5 Å². The molecule has 2 aromatic heterocycles. The molecular weight excluding hydrogens is 406 g/mol. The van der Waals surface area contributed by atoms with Gasteiger partial charge in [-0.2, -0.15) is 4.98 Å². The van der Waals surface area contributed by atoms with E-state index in [4.69, 9.17) is 4.52 Å². The molecule has 10 heteroatoms. The molecule has 3 aromatic rings. The van der Waals surface area contributed by atoms with Crippen LogP contribution >= 0.6 is 0 Å². The average Bonchev–Trinajstić information content (AvgIpc) is 3.36. The van der Waals surface area contributed by atoms with Gasteiger partial charge in [0.2, 0.25) is 11.8 Å². The Hall–Kier alpha value is -2.88. The number of fused-ring (bicyclic) bond motifs is 1. The number of aromatic nitrogens is 4. The highest BCUT2D eigenvalue weighted by molar-refractivity contribution is 5.84. The lowest BCUT2D eigenvalue weighted by Crippen LogP contribution is -2.50. The number of piperazine rings is 1. The zero-order chi connectivity index (χ0) is 22.1. The molecule has 0 saturated carbocycles. The smallest absolute Gasteiger partial charge is 0.246 e. The second-order valence-electron chi connectivity index (χ2n) is 8.16. The highest BCUT2D eigenvalue weighted by atomic mass is 19.2. The van der Waals surface area contributed by atoms with Gasteiger partial charge in [-0.15, -0.1) is 0 Å². The van der Waals surface area contributed by atoms with Gasteiger partial charge in [0.05, 0.1) is 23.9 Å². The lowest BCUT2D eigenvalue weighted by molar-refractivity contribution is -0.137. The Morgan fingerprint density at radius 1 is 1.16 bits per heavy atom. The summed E-state index contributed by atoms with van der Waals surface area (Å²) >= 11 is 0. The molecule has 1 unspecified atom stereocenters. The third-order valence-corrected chi connectivity index (χ3v) is 5.66. The van der Waals surface area contributed by atoms with E-state index in [1.807, 2.05) is 25.7 Å². The molecule has 166 valence electrons. The third kappa shape index (κ3) is 4.30. The van der Waals surface area contributed by atoms with Gasteiger partial charge in [-0.3, -0.25) is 9.69 Å².